The van der Waals surface area contributed by atoms with Gasteiger partial charge in [0.25, 0.3) is 0 Å². The van der Waals surface area contributed by atoms with E-state index in [-0.39, 0.29) is 18.0 Å². The minimum absolute atomic E-state index is 0.0808. The van der Waals surface area contributed by atoms with Crippen LogP contribution in [0, 0.1) is 5.82 Å². The summed E-state index contributed by atoms with van der Waals surface area (Å²) in [6.07, 6.45) is 1.25. The van der Waals surface area contributed by atoms with Gasteiger partial charge in [-0.2, -0.15) is 0 Å². The van der Waals surface area contributed by atoms with Crippen LogP contribution < -0.4 is 5.73 Å². The molecule has 16 heavy (non-hydrogen) atoms. The van der Waals surface area contributed by atoms with Gasteiger partial charge < -0.3 is 10.5 Å². The lowest BCUT2D eigenvalue weighted by molar-refractivity contribution is 0.104. The molecule has 0 aromatic heterocycles. The molecular formula is C12H17ClFNO. The average Bonchev–Trinajstić information content (AvgIpc) is 2.23. The highest BCUT2D eigenvalue weighted by Crippen LogP contribution is 2.17. The van der Waals surface area contributed by atoms with E-state index in [1.807, 2.05) is 6.92 Å². The van der Waals surface area contributed by atoms with Crippen molar-refractivity contribution in [3.05, 3.63) is 34.6 Å². The summed E-state index contributed by atoms with van der Waals surface area (Å²) in [5.74, 6) is -0.259. The Balaban J connectivity index is 2.61. The molecule has 0 amide bonds. The molecule has 4 heteroatoms. The van der Waals surface area contributed by atoms with E-state index < -0.39 is 0 Å². The van der Waals surface area contributed by atoms with Crippen molar-refractivity contribution in [2.24, 2.45) is 5.73 Å². The first-order valence-corrected chi connectivity index (χ1v) is 5.63. The Bertz CT molecular complexity index is 346. The van der Waals surface area contributed by atoms with E-state index in [2.05, 4.69) is 0 Å². The van der Waals surface area contributed by atoms with E-state index in [4.69, 9.17) is 22.1 Å². The molecule has 1 aromatic rings. The van der Waals surface area contributed by atoms with E-state index in [1.165, 1.54) is 12.1 Å². The van der Waals surface area contributed by atoms with Gasteiger partial charge in [-0.1, -0.05) is 11.6 Å². The molecule has 2 atom stereocenters. The van der Waals surface area contributed by atoms with Gasteiger partial charge in [-0.05, 0) is 43.5 Å². The number of nitrogens with two attached hydrogens (primary N) is 1. The molecule has 2 unspecified atom stereocenters. The summed E-state index contributed by atoms with van der Waals surface area (Å²) < 4.78 is 18.5. The molecule has 0 fully saturated rings. The summed E-state index contributed by atoms with van der Waals surface area (Å²) in [6.45, 7) is 1.94. The van der Waals surface area contributed by atoms with Crippen LogP contribution in [-0.4, -0.2) is 19.3 Å². The summed E-state index contributed by atoms with van der Waals surface area (Å²) in [7, 11) is 1.64. The van der Waals surface area contributed by atoms with Crippen molar-refractivity contribution in [2.45, 2.75) is 31.9 Å². The number of methoxy groups -OCH3 is 1. The highest BCUT2D eigenvalue weighted by Gasteiger charge is 2.12. The molecule has 0 heterocycles. The number of benzene rings is 1. The largest absolute Gasteiger partial charge is 0.382 e. The summed E-state index contributed by atoms with van der Waals surface area (Å²) in [5.41, 5.74) is 6.47. The third kappa shape index (κ3) is 4.08. The minimum Gasteiger partial charge on any atom is -0.382 e. The summed E-state index contributed by atoms with van der Waals surface area (Å²) in [6, 6.07) is 4.39. The van der Waals surface area contributed by atoms with Gasteiger partial charge in [0.05, 0.1) is 6.10 Å². The zero-order chi connectivity index (χ0) is 12.1. The first kappa shape index (κ1) is 13.4. The molecule has 2 nitrogen and oxygen atoms in total. The number of ether oxygens (including phenoxy) is 1. The van der Waals surface area contributed by atoms with Crippen molar-refractivity contribution in [3.8, 4) is 0 Å². The predicted octanol–water partition coefficient (Wildman–Crippen LogP) is 2.77. The summed E-state index contributed by atoms with van der Waals surface area (Å²) >= 11 is 5.80. The van der Waals surface area contributed by atoms with Gasteiger partial charge in [0.1, 0.15) is 5.82 Å². The molecule has 0 aliphatic rings. The molecule has 0 spiro atoms. The van der Waals surface area contributed by atoms with Gasteiger partial charge in [-0.15, -0.1) is 0 Å². The highest BCUT2D eigenvalue weighted by atomic mass is 35.5. The van der Waals surface area contributed by atoms with Gasteiger partial charge in [0, 0.05) is 18.2 Å². The Morgan fingerprint density at radius 1 is 1.50 bits per heavy atom. The van der Waals surface area contributed by atoms with Crippen molar-refractivity contribution in [1.29, 1.82) is 0 Å². The second-order valence-electron chi connectivity index (χ2n) is 3.98. The monoisotopic (exact) mass is 245 g/mol. The topological polar surface area (TPSA) is 35.2 Å². The SMILES string of the molecule is COC(C)CC(N)Cc1cc(Cl)ccc1F. The van der Waals surface area contributed by atoms with Crippen molar-refractivity contribution in [1.82, 2.24) is 0 Å². The molecule has 2 N–H and O–H groups in total. The summed E-state index contributed by atoms with van der Waals surface area (Å²) in [5, 5.41) is 0.531. The lowest BCUT2D eigenvalue weighted by atomic mass is 10.0. The Labute approximate surface area is 101 Å². The Morgan fingerprint density at radius 2 is 2.19 bits per heavy atom. The van der Waals surface area contributed by atoms with Crippen molar-refractivity contribution < 1.29 is 9.13 Å². The van der Waals surface area contributed by atoms with E-state index >= 15 is 0 Å². The Hall–Kier alpha value is -0.640. The van der Waals surface area contributed by atoms with Crippen LogP contribution in [-0.2, 0) is 11.2 Å². The smallest absolute Gasteiger partial charge is 0.126 e. The molecule has 0 radical (unpaired) electrons. The van der Waals surface area contributed by atoms with Crippen molar-refractivity contribution in [3.63, 3.8) is 0 Å². The zero-order valence-corrected chi connectivity index (χ0v) is 10.3. The fourth-order valence-corrected chi connectivity index (χ4v) is 1.78. The van der Waals surface area contributed by atoms with Gasteiger partial charge in [-0.25, -0.2) is 4.39 Å². The molecule has 0 saturated carbocycles. The van der Waals surface area contributed by atoms with E-state index in [1.54, 1.807) is 13.2 Å². The van der Waals surface area contributed by atoms with Gasteiger partial charge in [0.15, 0.2) is 0 Å². The van der Waals surface area contributed by atoms with E-state index in [0.717, 1.165) is 0 Å². The molecule has 1 rings (SSSR count). The molecule has 0 aliphatic carbocycles. The normalized spacial score (nSPS) is 14.8. The van der Waals surface area contributed by atoms with Gasteiger partial charge in [0.2, 0.25) is 0 Å². The third-order valence-electron chi connectivity index (χ3n) is 2.53. The van der Waals surface area contributed by atoms with E-state index in [9.17, 15) is 4.39 Å². The number of rotatable bonds is 5. The quantitative estimate of drug-likeness (QED) is 0.866. The zero-order valence-electron chi connectivity index (χ0n) is 9.54. The lowest BCUT2D eigenvalue weighted by Crippen LogP contribution is -2.28. The number of halogens is 2. The Kier molecular flexibility index (Phi) is 5.19. The standard InChI is InChI=1S/C12H17ClFNO/c1-8(16-2)5-11(15)7-9-6-10(13)3-4-12(9)14/h3-4,6,8,11H,5,7,15H2,1-2H3. The van der Waals surface area contributed by atoms with Crippen LogP contribution in [0.3, 0.4) is 0 Å². The summed E-state index contributed by atoms with van der Waals surface area (Å²) in [4.78, 5) is 0. The molecule has 0 saturated heterocycles. The van der Waals surface area contributed by atoms with Crippen molar-refractivity contribution in [2.75, 3.05) is 7.11 Å². The maximum Gasteiger partial charge on any atom is 0.126 e. The Morgan fingerprint density at radius 3 is 2.81 bits per heavy atom. The van der Waals surface area contributed by atoms with Crippen molar-refractivity contribution >= 4 is 11.6 Å². The lowest BCUT2D eigenvalue weighted by Gasteiger charge is -2.16. The second-order valence-corrected chi connectivity index (χ2v) is 4.42. The molecular weight excluding hydrogens is 229 g/mol. The van der Waals surface area contributed by atoms with Crippen LogP contribution in [0.4, 0.5) is 4.39 Å². The fraction of sp³-hybridized carbons (Fsp3) is 0.500. The van der Waals surface area contributed by atoms with Crippen LogP contribution in [0.5, 0.6) is 0 Å². The van der Waals surface area contributed by atoms with Crippen LogP contribution >= 0.6 is 11.6 Å². The molecule has 90 valence electrons. The number of hydrogen-bond acceptors (Lipinski definition) is 2. The maximum atomic E-state index is 13.4. The third-order valence-corrected chi connectivity index (χ3v) is 2.76. The molecule has 0 bridgehead atoms. The predicted molar refractivity (Wildman–Crippen MR) is 64.2 cm³/mol. The maximum absolute atomic E-state index is 13.4. The first-order valence-electron chi connectivity index (χ1n) is 5.25. The van der Waals surface area contributed by atoms with Crippen LogP contribution in [0.1, 0.15) is 18.9 Å². The molecule has 1 aromatic carbocycles. The highest BCUT2D eigenvalue weighted by molar-refractivity contribution is 6.30. The van der Waals surface area contributed by atoms with Crippen LogP contribution in [0.15, 0.2) is 18.2 Å². The first-order chi connectivity index (χ1) is 7.52. The number of hydrogen-bond donors (Lipinski definition) is 1. The average molecular weight is 246 g/mol. The second kappa shape index (κ2) is 6.18. The van der Waals surface area contributed by atoms with Gasteiger partial charge >= 0.3 is 0 Å². The van der Waals surface area contributed by atoms with E-state index in [0.29, 0.717) is 23.4 Å². The van der Waals surface area contributed by atoms with Crippen LogP contribution in [0.2, 0.25) is 5.02 Å². The van der Waals surface area contributed by atoms with Crippen LogP contribution in [0.25, 0.3) is 0 Å². The minimum atomic E-state index is -0.259. The fourth-order valence-electron chi connectivity index (χ4n) is 1.59. The van der Waals surface area contributed by atoms with Gasteiger partial charge in [-0.3, -0.25) is 0 Å². The molecule has 0 aliphatic heterocycles.